The van der Waals surface area contributed by atoms with E-state index in [1.807, 2.05) is 24.3 Å². The fourth-order valence-corrected chi connectivity index (χ4v) is 2.33. The number of pyridine rings is 1. The van der Waals surface area contributed by atoms with Crippen molar-refractivity contribution in [3.8, 4) is 0 Å². The molecule has 126 valence electrons. The van der Waals surface area contributed by atoms with Crippen LogP contribution < -0.4 is 10.6 Å². The molecular weight excluding hydrogens is 314 g/mol. The second-order valence-electron chi connectivity index (χ2n) is 5.67. The van der Waals surface area contributed by atoms with Crippen LogP contribution in [-0.4, -0.2) is 20.9 Å². The molecule has 0 aliphatic heterocycles. The number of amides is 1. The average Bonchev–Trinajstić information content (AvgIpc) is 2.66. The third-order valence-electron chi connectivity index (χ3n) is 3.62. The van der Waals surface area contributed by atoms with E-state index in [9.17, 15) is 4.79 Å². The molecule has 0 aliphatic rings. The summed E-state index contributed by atoms with van der Waals surface area (Å²) in [6, 6.07) is 12.0. The van der Waals surface area contributed by atoms with Crippen molar-refractivity contribution in [3.05, 3.63) is 83.6 Å². The lowest BCUT2D eigenvalue weighted by Gasteiger charge is -2.07. The highest BCUT2D eigenvalue weighted by atomic mass is 16.1. The van der Waals surface area contributed by atoms with Crippen molar-refractivity contribution in [2.24, 2.45) is 0 Å². The van der Waals surface area contributed by atoms with Crippen LogP contribution in [0, 0.1) is 6.92 Å². The number of carbonyl (C=O) groups is 1. The number of hydrogen-bond acceptors (Lipinski definition) is 5. The molecule has 0 spiro atoms. The van der Waals surface area contributed by atoms with Gasteiger partial charge in [-0.15, -0.1) is 0 Å². The maximum absolute atomic E-state index is 12.1. The monoisotopic (exact) mass is 333 g/mol. The normalized spacial score (nSPS) is 10.3. The number of aromatic nitrogens is 3. The molecule has 0 saturated heterocycles. The number of rotatable bonds is 6. The zero-order valence-electron chi connectivity index (χ0n) is 13.9. The highest BCUT2D eigenvalue weighted by Gasteiger charge is 2.07. The standard InChI is InChI=1S/C19H19N5O/c1-14-4-2-5-15(8-14)10-22-18-13-21-17(12-23-18)19(25)24-11-16-6-3-7-20-9-16/h2-9,12-13H,10-11H2,1H3,(H,22,23)(H,24,25). The highest BCUT2D eigenvalue weighted by Crippen LogP contribution is 2.08. The quantitative estimate of drug-likeness (QED) is 0.725. The molecule has 0 saturated carbocycles. The second-order valence-corrected chi connectivity index (χ2v) is 5.67. The third kappa shape index (κ3) is 4.84. The first-order valence-corrected chi connectivity index (χ1v) is 7.99. The number of hydrogen-bond donors (Lipinski definition) is 2. The predicted octanol–water partition coefficient (Wildman–Crippen LogP) is 2.72. The van der Waals surface area contributed by atoms with E-state index in [1.165, 1.54) is 17.3 Å². The van der Waals surface area contributed by atoms with Gasteiger partial charge in [0.15, 0.2) is 0 Å². The lowest BCUT2D eigenvalue weighted by atomic mass is 10.1. The molecule has 2 aromatic heterocycles. The Bertz CT molecular complexity index is 834. The maximum Gasteiger partial charge on any atom is 0.271 e. The molecule has 1 aromatic carbocycles. The average molecular weight is 333 g/mol. The second kappa shape index (κ2) is 8.01. The summed E-state index contributed by atoms with van der Waals surface area (Å²) in [5.41, 5.74) is 3.59. The fraction of sp³-hybridized carbons (Fsp3) is 0.158. The van der Waals surface area contributed by atoms with Gasteiger partial charge in [-0.2, -0.15) is 0 Å². The van der Waals surface area contributed by atoms with Crippen molar-refractivity contribution in [1.82, 2.24) is 20.3 Å². The number of nitrogens with one attached hydrogen (secondary N) is 2. The first kappa shape index (κ1) is 16.6. The Kier molecular flexibility index (Phi) is 5.31. The van der Waals surface area contributed by atoms with E-state index in [2.05, 4.69) is 44.6 Å². The Labute approximate surface area is 146 Å². The lowest BCUT2D eigenvalue weighted by Crippen LogP contribution is -2.24. The van der Waals surface area contributed by atoms with Gasteiger partial charge < -0.3 is 10.6 Å². The van der Waals surface area contributed by atoms with Crippen molar-refractivity contribution >= 4 is 11.7 Å². The van der Waals surface area contributed by atoms with E-state index >= 15 is 0 Å². The highest BCUT2D eigenvalue weighted by molar-refractivity contribution is 5.91. The molecule has 2 heterocycles. The Morgan fingerprint density at radius 3 is 2.60 bits per heavy atom. The molecule has 0 aliphatic carbocycles. The first-order chi connectivity index (χ1) is 12.2. The van der Waals surface area contributed by atoms with Gasteiger partial charge in [0.05, 0.1) is 12.4 Å². The van der Waals surface area contributed by atoms with Crippen LogP contribution in [0.3, 0.4) is 0 Å². The largest absolute Gasteiger partial charge is 0.365 e. The Morgan fingerprint density at radius 1 is 1.00 bits per heavy atom. The van der Waals surface area contributed by atoms with Gasteiger partial charge in [0.2, 0.25) is 0 Å². The zero-order valence-corrected chi connectivity index (χ0v) is 13.9. The van der Waals surface area contributed by atoms with E-state index in [1.54, 1.807) is 18.6 Å². The van der Waals surface area contributed by atoms with Gasteiger partial charge in [-0.05, 0) is 24.1 Å². The fourth-order valence-electron chi connectivity index (χ4n) is 2.33. The van der Waals surface area contributed by atoms with Crippen molar-refractivity contribution in [1.29, 1.82) is 0 Å². The molecule has 6 heteroatoms. The molecule has 2 N–H and O–H groups in total. The van der Waals surface area contributed by atoms with Crippen LogP contribution in [0.5, 0.6) is 0 Å². The van der Waals surface area contributed by atoms with E-state index < -0.39 is 0 Å². The van der Waals surface area contributed by atoms with Gasteiger partial charge >= 0.3 is 0 Å². The van der Waals surface area contributed by atoms with Crippen LogP contribution in [-0.2, 0) is 13.1 Å². The molecule has 0 radical (unpaired) electrons. The molecular formula is C19H19N5O. The minimum Gasteiger partial charge on any atom is -0.365 e. The Balaban J connectivity index is 1.53. The van der Waals surface area contributed by atoms with E-state index in [4.69, 9.17) is 0 Å². The van der Waals surface area contributed by atoms with Crippen molar-refractivity contribution in [2.75, 3.05) is 5.32 Å². The van der Waals surface area contributed by atoms with Crippen molar-refractivity contribution in [2.45, 2.75) is 20.0 Å². The molecule has 25 heavy (non-hydrogen) atoms. The molecule has 0 unspecified atom stereocenters. The van der Waals surface area contributed by atoms with Gasteiger partial charge in [0.1, 0.15) is 11.5 Å². The van der Waals surface area contributed by atoms with E-state index in [-0.39, 0.29) is 11.6 Å². The van der Waals surface area contributed by atoms with Crippen molar-refractivity contribution < 1.29 is 4.79 Å². The summed E-state index contributed by atoms with van der Waals surface area (Å²) >= 11 is 0. The minimum atomic E-state index is -0.262. The van der Waals surface area contributed by atoms with Gasteiger partial charge in [-0.1, -0.05) is 35.9 Å². The molecule has 3 rings (SSSR count). The summed E-state index contributed by atoms with van der Waals surface area (Å²) in [6.45, 7) is 3.12. The van der Waals surface area contributed by atoms with Gasteiger partial charge in [0, 0.05) is 25.5 Å². The lowest BCUT2D eigenvalue weighted by molar-refractivity contribution is 0.0945. The molecule has 0 fully saturated rings. The van der Waals surface area contributed by atoms with Crippen LogP contribution in [0.2, 0.25) is 0 Å². The van der Waals surface area contributed by atoms with E-state index in [0.29, 0.717) is 18.9 Å². The number of anilines is 1. The van der Waals surface area contributed by atoms with Crippen molar-refractivity contribution in [3.63, 3.8) is 0 Å². The summed E-state index contributed by atoms with van der Waals surface area (Å²) in [7, 11) is 0. The third-order valence-corrected chi connectivity index (χ3v) is 3.62. The van der Waals surface area contributed by atoms with Crippen LogP contribution >= 0.6 is 0 Å². The van der Waals surface area contributed by atoms with Crippen LogP contribution in [0.15, 0.2) is 61.2 Å². The maximum atomic E-state index is 12.1. The summed E-state index contributed by atoms with van der Waals surface area (Å²) in [5.74, 6) is 0.368. The Morgan fingerprint density at radius 2 is 1.88 bits per heavy atom. The minimum absolute atomic E-state index is 0.262. The van der Waals surface area contributed by atoms with Crippen LogP contribution in [0.25, 0.3) is 0 Å². The molecule has 1 amide bonds. The molecule has 0 atom stereocenters. The number of carbonyl (C=O) groups excluding carboxylic acids is 1. The molecule has 3 aromatic rings. The van der Waals surface area contributed by atoms with Gasteiger partial charge in [-0.3, -0.25) is 9.78 Å². The Hall–Kier alpha value is -3.28. The molecule has 6 nitrogen and oxygen atoms in total. The number of benzene rings is 1. The summed E-state index contributed by atoms with van der Waals surface area (Å²) < 4.78 is 0. The van der Waals surface area contributed by atoms with Gasteiger partial charge in [-0.25, -0.2) is 9.97 Å². The number of aryl methyl sites for hydroxylation is 1. The topological polar surface area (TPSA) is 79.8 Å². The summed E-state index contributed by atoms with van der Waals surface area (Å²) in [4.78, 5) is 24.5. The van der Waals surface area contributed by atoms with E-state index in [0.717, 1.165) is 5.56 Å². The SMILES string of the molecule is Cc1cccc(CNc2cnc(C(=O)NCc3cccnc3)cn2)c1. The number of nitrogens with zero attached hydrogens (tertiary/aromatic N) is 3. The first-order valence-electron chi connectivity index (χ1n) is 7.99. The van der Waals surface area contributed by atoms with Crippen LogP contribution in [0.4, 0.5) is 5.82 Å². The van der Waals surface area contributed by atoms with Gasteiger partial charge in [0.25, 0.3) is 5.91 Å². The predicted molar refractivity (Wildman–Crippen MR) is 95.9 cm³/mol. The smallest absolute Gasteiger partial charge is 0.271 e. The van der Waals surface area contributed by atoms with Crippen LogP contribution in [0.1, 0.15) is 27.2 Å². The molecule has 0 bridgehead atoms. The zero-order chi connectivity index (χ0) is 17.5. The summed E-state index contributed by atoms with van der Waals surface area (Å²) in [5, 5.41) is 6.00. The summed E-state index contributed by atoms with van der Waals surface area (Å²) in [6.07, 6.45) is 6.44.